The molecule has 9 nitrogen and oxygen atoms in total. The third-order valence-electron chi connectivity index (χ3n) is 3.52. The predicted molar refractivity (Wildman–Crippen MR) is 97.0 cm³/mol. The van der Waals surface area contributed by atoms with Crippen molar-refractivity contribution in [3.63, 3.8) is 0 Å². The van der Waals surface area contributed by atoms with E-state index in [-0.39, 0.29) is 5.69 Å². The summed E-state index contributed by atoms with van der Waals surface area (Å²) in [5.74, 6) is 0.443. The minimum atomic E-state index is -0.597. The molecule has 0 amide bonds. The highest BCUT2D eigenvalue weighted by molar-refractivity contribution is 7.71. The number of rotatable bonds is 5. The van der Waals surface area contributed by atoms with Crippen molar-refractivity contribution in [1.82, 2.24) is 25.0 Å². The second-order valence-corrected chi connectivity index (χ2v) is 5.68. The number of hydrogen-bond acceptors (Lipinski definition) is 8. The Morgan fingerprint density at radius 1 is 1.31 bits per heavy atom. The fourth-order valence-corrected chi connectivity index (χ4v) is 2.55. The van der Waals surface area contributed by atoms with Gasteiger partial charge in [-0.25, -0.2) is 9.78 Å². The molecule has 2 aromatic heterocycles. The van der Waals surface area contributed by atoms with E-state index < -0.39 is 5.97 Å². The minimum Gasteiger partial charge on any atom is -0.494 e. The van der Waals surface area contributed by atoms with Crippen LogP contribution in [0.25, 0.3) is 11.4 Å². The monoisotopic (exact) mass is 372 g/mol. The number of nitrogens with one attached hydrogen (secondary N) is 2. The van der Waals surface area contributed by atoms with Gasteiger partial charge in [-0.15, -0.1) is 0 Å². The smallest absolute Gasteiger partial charge is 0.360 e. The Morgan fingerprint density at radius 3 is 2.77 bits per heavy atom. The SMILES string of the molecule is COC(=O)c1n[nH]c(=S)cc1Nc1cccc(-c2ncn(C)n2)c1OC. The van der Waals surface area contributed by atoms with Crippen molar-refractivity contribution < 1.29 is 14.3 Å². The molecule has 1 aromatic carbocycles. The topological polar surface area (TPSA) is 107 Å². The maximum atomic E-state index is 11.9. The lowest BCUT2D eigenvalue weighted by Gasteiger charge is -2.15. The molecule has 3 rings (SSSR count). The molecule has 0 saturated carbocycles. The molecule has 0 bridgehead atoms. The van der Waals surface area contributed by atoms with Gasteiger partial charge >= 0.3 is 5.97 Å². The first kappa shape index (κ1) is 17.5. The molecule has 0 aliphatic rings. The number of para-hydroxylation sites is 1. The molecule has 0 aliphatic heterocycles. The second kappa shape index (κ2) is 7.31. The number of hydrogen-bond donors (Lipinski definition) is 2. The molecule has 0 aliphatic carbocycles. The third-order valence-corrected chi connectivity index (χ3v) is 3.73. The van der Waals surface area contributed by atoms with Crippen LogP contribution in [0.1, 0.15) is 10.5 Å². The number of methoxy groups -OCH3 is 2. The summed E-state index contributed by atoms with van der Waals surface area (Å²) in [7, 11) is 4.61. The van der Waals surface area contributed by atoms with E-state index in [1.54, 1.807) is 37.3 Å². The molecule has 134 valence electrons. The molecule has 0 unspecified atom stereocenters. The summed E-state index contributed by atoms with van der Waals surface area (Å²) in [6.45, 7) is 0. The first-order valence-electron chi connectivity index (χ1n) is 7.51. The number of ether oxygens (including phenoxy) is 2. The summed E-state index contributed by atoms with van der Waals surface area (Å²) < 4.78 is 12.3. The average molecular weight is 372 g/mol. The molecule has 2 heterocycles. The van der Waals surface area contributed by atoms with Crippen LogP contribution in [0.15, 0.2) is 30.6 Å². The van der Waals surface area contributed by atoms with Crippen molar-refractivity contribution in [2.45, 2.75) is 0 Å². The van der Waals surface area contributed by atoms with Gasteiger partial charge in [-0.2, -0.15) is 10.2 Å². The fourth-order valence-electron chi connectivity index (χ4n) is 2.39. The molecular weight excluding hydrogens is 356 g/mol. The highest BCUT2D eigenvalue weighted by Crippen LogP contribution is 2.36. The Morgan fingerprint density at radius 2 is 2.12 bits per heavy atom. The molecule has 0 saturated heterocycles. The van der Waals surface area contributed by atoms with E-state index in [1.807, 2.05) is 12.1 Å². The second-order valence-electron chi connectivity index (χ2n) is 5.24. The zero-order valence-electron chi connectivity index (χ0n) is 14.3. The third kappa shape index (κ3) is 3.40. The van der Waals surface area contributed by atoms with Gasteiger partial charge in [0.2, 0.25) is 0 Å². The van der Waals surface area contributed by atoms with Crippen LogP contribution in [0, 0.1) is 4.64 Å². The Balaban J connectivity index is 2.08. The first-order valence-corrected chi connectivity index (χ1v) is 7.92. The van der Waals surface area contributed by atoms with E-state index in [1.165, 1.54) is 7.11 Å². The molecule has 0 spiro atoms. The number of anilines is 2. The summed E-state index contributed by atoms with van der Waals surface area (Å²) >= 11 is 5.10. The van der Waals surface area contributed by atoms with Gasteiger partial charge in [-0.05, 0) is 12.1 Å². The van der Waals surface area contributed by atoms with Gasteiger partial charge in [0.05, 0.1) is 31.2 Å². The van der Waals surface area contributed by atoms with Crippen molar-refractivity contribution >= 4 is 29.6 Å². The van der Waals surface area contributed by atoms with Gasteiger partial charge < -0.3 is 14.8 Å². The number of H-pyrrole nitrogens is 1. The van der Waals surface area contributed by atoms with Crippen LogP contribution in [0.4, 0.5) is 11.4 Å². The summed E-state index contributed by atoms with van der Waals surface area (Å²) in [4.78, 5) is 16.2. The molecule has 0 atom stereocenters. The van der Waals surface area contributed by atoms with Gasteiger partial charge in [0.25, 0.3) is 0 Å². The van der Waals surface area contributed by atoms with Crippen molar-refractivity contribution in [3.05, 3.63) is 40.9 Å². The van der Waals surface area contributed by atoms with Gasteiger partial charge in [-0.1, -0.05) is 18.3 Å². The van der Waals surface area contributed by atoms with Crippen molar-refractivity contribution in [2.24, 2.45) is 7.05 Å². The number of carbonyl (C=O) groups is 1. The summed E-state index contributed by atoms with van der Waals surface area (Å²) in [5.41, 5.74) is 1.77. The molecular formula is C16H16N6O3S. The van der Waals surface area contributed by atoms with Gasteiger partial charge in [0.1, 0.15) is 11.0 Å². The van der Waals surface area contributed by atoms with Crippen LogP contribution < -0.4 is 10.1 Å². The summed E-state index contributed by atoms with van der Waals surface area (Å²) in [6, 6.07) is 7.05. The van der Waals surface area contributed by atoms with Gasteiger partial charge in [0, 0.05) is 13.1 Å². The number of aryl methyl sites for hydroxylation is 1. The Hall–Kier alpha value is -3.27. The van der Waals surface area contributed by atoms with Crippen molar-refractivity contribution in [2.75, 3.05) is 19.5 Å². The van der Waals surface area contributed by atoms with Crippen LogP contribution in [0.5, 0.6) is 5.75 Å². The first-order chi connectivity index (χ1) is 12.5. The Bertz CT molecular complexity index is 1010. The number of benzene rings is 1. The zero-order valence-corrected chi connectivity index (χ0v) is 15.1. The van der Waals surface area contributed by atoms with E-state index in [2.05, 4.69) is 25.6 Å². The van der Waals surface area contributed by atoms with E-state index >= 15 is 0 Å². The Kier molecular flexibility index (Phi) is 4.94. The Labute approximate surface area is 154 Å². The van der Waals surface area contributed by atoms with Gasteiger partial charge in [-0.3, -0.25) is 9.78 Å². The lowest BCUT2D eigenvalue weighted by atomic mass is 10.1. The number of esters is 1. The average Bonchev–Trinajstić information content (AvgIpc) is 3.07. The van der Waals surface area contributed by atoms with Crippen LogP contribution >= 0.6 is 12.2 Å². The summed E-state index contributed by atoms with van der Waals surface area (Å²) in [6.07, 6.45) is 1.60. The quantitative estimate of drug-likeness (QED) is 0.520. The van der Waals surface area contributed by atoms with E-state index in [9.17, 15) is 4.79 Å². The summed E-state index contributed by atoms with van der Waals surface area (Å²) in [5, 5.41) is 14.0. The maximum absolute atomic E-state index is 11.9. The number of aromatic amines is 1. The minimum absolute atomic E-state index is 0.0736. The predicted octanol–water partition coefficient (Wildman–Crippen LogP) is 2.47. The standard InChI is InChI=1S/C16H16N6O3S/c1-22-8-17-15(21-22)9-5-4-6-10(14(9)24-2)18-11-7-12(26)19-20-13(11)16(23)25-3/h4-8H,1-3H3,(H2,18,19,26). The fraction of sp³-hybridized carbons (Fsp3) is 0.188. The van der Waals surface area contributed by atoms with Crippen LogP contribution in [0.2, 0.25) is 0 Å². The molecule has 0 fully saturated rings. The van der Waals surface area contributed by atoms with Gasteiger partial charge in [0.15, 0.2) is 17.3 Å². The molecule has 0 radical (unpaired) electrons. The molecule has 3 aromatic rings. The molecule has 10 heteroatoms. The highest BCUT2D eigenvalue weighted by atomic mass is 32.1. The lowest BCUT2D eigenvalue weighted by Crippen LogP contribution is -2.10. The van der Waals surface area contributed by atoms with Crippen LogP contribution in [0.3, 0.4) is 0 Å². The number of carbonyl (C=O) groups excluding carboxylic acids is 1. The van der Waals surface area contributed by atoms with Crippen molar-refractivity contribution in [3.8, 4) is 17.1 Å². The zero-order chi connectivity index (χ0) is 18.7. The lowest BCUT2D eigenvalue weighted by molar-refractivity contribution is 0.0594. The normalized spacial score (nSPS) is 10.4. The largest absolute Gasteiger partial charge is 0.494 e. The van der Waals surface area contributed by atoms with Crippen LogP contribution in [-0.2, 0) is 11.8 Å². The van der Waals surface area contributed by atoms with E-state index in [0.717, 1.165) is 0 Å². The van der Waals surface area contributed by atoms with E-state index in [0.29, 0.717) is 33.2 Å². The van der Waals surface area contributed by atoms with E-state index in [4.69, 9.17) is 21.7 Å². The molecule has 26 heavy (non-hydrogen) atoms. The molecule has 2 N–H and O–H groups in total. The number of aromatic nitrogens is 5. The highest BCUT2D eigenvalue weighted by Gasteiger charge is 2.18. The number of nitrogens with zero attached hydrogens (tertiary/aromatic N) is 4. The van der Waals surface area contributed by atoms with Crippen molar-refractivity contribution in [1.29, 1.82) is 0 Å². The van der Waals surface area contributed by atoms with Crippen LogP contribution in [-0.4, -0.2) is 45.2 Å². The maximum Gasteiger partial charge on any atom is 0.360 e.